The zero-order valence-corrected chi connectivity index (χ0v) is 17.8. The number of hydrogen-bond donors (Lipinski definition) is 3. The van der Waals surface area contributed by atoms with E-state index in [4.69, 9.17) is 21.4 Å². The average molecular weight is 425 g/mol. The summed E-state index contributed by atoms with van der Waals surface area (Å²) in [4.78, 5) is 10.5. The number of hydrogen-bond acceptors (Lipinski definition) is 4. The molecule has 29 heavy (non-hydrogen) atoms. The van der Waals surface area contributed by atoms with E-state index in [1.54, 1.807) is 0 Å². The molecule has 0 radical (unpaired) electrons. The van der Waals surface area contributed by atoms with Crippen LogP contribution in [0.3, 0.4) is 0 Å². The minimum atomic E-state index is -0.776. The number of aliphatic carboxylic acids is 1. The molecule has 0 amide bonds. The summed E-state index contributed by atoms with van der Waals surface area (Å²) in [6.45, 7) is 2.41. The maximum atomic E-state index is 10.5. The second kappa shape index (κ2) is 12.2. The Hall–Kier alpha value is -1.56. The van der Waals surface area contributed by atoms with Crippen molar-refractivity contribution in [1.82, 2.24) is 0 Å². The number of carboxylic acid groups (broad SMARTS) is 1. The Labute approximate surface area is 178 Å². The second-order valence-corrected chi connectivity index (χ2v) is 8.39. The molecule has 1 unspecified atom stereocenters. The highest BCUT2D eigenvalue weighted by atomic mass is 35.5. The van der Waals surface area contributed by atoms with E-state index in [1.807, 2.05) is 43.3 Å². The fourth-order valence-electron chi connectivity index (χ4n) is 3.88. The monoisotopic (exact) mass is 424 g/mol. The third-order valence-electron chi connectivity index (χ3n) is 5.56. The molecule has 162 valence electrons. The molecule has 0 heterocycles. The third kappa shape index (κ3) is 7.65. The highest BCUT2D eigenvalue weighted by Gasteiger charge is 2.41. The van der Waals surface area contributed by atoms with Gasteiger partial charge in [0.1, 0.15) is 5.75 Å². The topological polar surface area (TPSA) is 87.0 Å². The van der Waals surface area contributed by atoms with Crippen LogP contribution < -0.4 is 4.74 Å². The van der Waals surface area contributed by atoms with Gasteiger partial charge in [0.2, 0.25) is 0 Å². The zero-order valence-electron chi connectivity index (χ0n) is 17.0. The predicted molar refractivity (Wildman–Crippen MR) is 114 cm³/mol. The molecule has 5 nitrogen and oxygen atoms in total. The van der Waals surface area contributed by atoms with Crippen LogP contribution in [0.2, 0.25) is 0 Å². The number of ether oxygens (including phenoxy) is 1. The number of aliphatic hydroxyl groups excluding tert-OH is 2. The van der Waals surface area contributed by atoms with Crippen molar-refractivity contribution in [3.05, 3.63) is 42.0 Å². The summed E-state index contributed by atoms with van der Waals surface area (Å²) < 4.78 is 5.96. The van der Waals surface area contributed by atoms with E-state index in [9.17, 15) is 15.0 Å². The van der Waals surface area contributed by atoms with Gasteiger partial charge in [0, 0.05) is 17.7 Å². The van der Waals surface area contributed by atoms with E-state index in [2.05, 4.69) is 0 Å². The molecule has 1 aliphatic rings. The SMILES string of the molecule is CCC[C@@H](O)c1cccc(OC[C@@H]2C(C/C=C\CCCC(=O)O)[C@H](Cl)C[C@H]2O)c1. The maximum Gasteiger partial charge on any atom is 0.303 e. The fourth-order valence-corrected chi connectivity index (χ4v) is 4.35. The molecule has 1 aromatic carbocycles. The lowest BCUT2D eigenvalue weighted by Crippen LogP contribution is -2.27. The number of carboxylic acids is 1. The first-order chi connectivity index (χ1) is 13.9. The van der Waals surface area contributed by atoms with E-state index >= 15 is 0 Å². The molecule has 1 aliphatic carbocycles. The molecule has 1 aromatic rings. The molecule has 1 saturated carbocycles. The third-order valence-corrected chi connectivity index (χ3v) is 6.06. The van der Waals surface area contributed by atoms with Crippen molar-refractivity contribution in [3.8, 4) is 5.75 Å². The lowest BCUT2D eigenvalue weighted by Gasteiger charge is -2.23. The van der Waals surface area contributed by atoms with E-state index < -0.39 is 18.2 Å². The van der Waals surface area contributed by atoms with Crippen molar-refractivity contribution in [2.45, 2.75) is 69.5 Å². The van der Waals surface area contributed by atoms with Gasteiger partial charge in [-0.3, -0.25) is 4.79 Å². The molecule has 1 fully saturated rings. The first-order valence-electron chi connectivity index (χ1n) is 10.5. The van der Waals surface area contributed by atoms with Crippen LogP contribution in [0.15, 0.2) is 36.4 Å². The van der Waals surface area contributed by atoms with E-state index in [1.165, 1.54) is 0 Å². The van der Waals surface area contributed by atoms with Crippen molar-refractivity contribution in [2.75, 3.05) is 6.61 Å². The van der Waals surface area contributed by atoms with E-state index in [0.29, 0.717) is 31.6 Å². The van der Waals surface area contributed by atoms with Gasteiger partial charge in [-0.2, -0.15) is 0 Å². The van der Waals surface area contributed by atoms with Crippen molar-refractivity contribution in [2.24, 2.45) is 11.8 Å². The lowest BCUT2D eigenvalue weighted by atomic mass is 9.92. The fraction of sp³-hybridized carbons (Fsp3) is 0.609. The van der Waals surface area contributed by atoms with Crippen LogP contribution in [0.4, 0.5) is 0 Å². The summed E-state index contributed by atoms with van der Waals surface area (Å²) in [5, 5.41) is 29.2. The molecular formula is C23H33ClO5. The van der Waals surface area contributed by atoms with Gasteiger partial charge in [-0.05, 0) is 55.7 Å². The maximum absolute atomic E-state index is 10.5. The van der Waals surface area contributed by atoms with Gasteiger partial charge in [-0.1, -0.05) is 37.6 Å². The molecule has 3 N–H and O–H groups in total. The van der Waals surface area contributed by atoms with Gasteiger partial charge in [0.05, 0.1) is 18.8 Å². The summed E-state index contributed by atoms with van der Waals surface area (Å²) >= 11 is 6.47. The zero-order chi connectivity index (χ0) is 21.2. The molecule has 0 bridgehead atoms. The molecule has 2 rings (SSSR count). The lowest BCUT2D eigenvalue weighted by molar-refractivity contribution is -0.137. The quantitative estimate of drug-likeness (QED) is 0.257. The Kier molecular flexibility index (Phi) is 9.98. The van der Waals surface area contributed by atoms with Crippen LogP contribution in [-0.2, 0) is 4.79 Å². The van der Waals surface area contributed by atoms with Gasteiger partial charge in [0.25, 0.3) is 0 Å². The van der Waals surface area contributed by atoms with Crippen LogP contribution in [0.25, 0.3) is 0 Å². The Morgan fingerprint density at radius 3 is 2.86 bits per heavy atom. The smallest absolute Gasteiger partial charge is 0.303 e. The molecule has 6 heteroatoms. The predicted octanol–water partition coefficient (Wildman–Crippen LogP) is 4.70. The number of aliphatic hydroxyl groups is 2. The highest BCUT2D eigenvalue weighted by molar-refractivity contribution is 6.21. The van der Waals surface area contributed by atoms with Gasteiger partial charge < -0.3 is 20.1 Å². The van der Waals surface area contributed by atoms with E-state index in [-0.39, 0.29) is 23.6 Å². The second-order valence-electron chi connectivity index (χ2n) is 7.83. The first kappa shape index (κ1) is 23.7. The number of rotatable bonds is 12. The first-order valence-corrected chi connectivity index (χ1v) is 11.0. The standard InChI is InChI=1S/C23H33ClO5/c1-2-8-21(25)16-9-7-10-17(13-16)29-15-19-18(20(24)14-22(19)26)11-5-3-4-6-12-23(27)28/h3,5,7,9-10,13,18-22,25-26H,2,4,6,8,11-12,14-15H2,1H3,(H,27,28)/b5-3-/t18?,19-,20-,21-,22-/m1/s1. The molecular weight excluding hydrogens is 392 g/mol. The van der Waals surface area contributed by atoms with Crippen molar-refractivity contribution >= 4 is 17.6 Å². The van der Waals surface area contributed by atoms with Crippen molar-refractivity contribution < 1.29 is 24.9 Å². The highest BCUT2D eigenvalue weighted by Crippen LogP contribution is 2.39. The van der Waals surface area contributed by atoms with Gasteiger partial charge in [0.15, 0.2) is 0 Å². The van der Waals surface area contributed by atoms with E-state index in [0.717, 1.165) is 24.8 Å². The number of unbranched alkanes of at least 4 members (excludes halogenated alkanes) is 1. The minimum absolute atomic E-state index is 0.0645. The molecule has 0 saturated heterocycles. The molecule has 5 atom stereocenters. The summed E-state index contributed by atoms with van der Waals surface area (Å²) in [6.07, 6.45) is 7.45. The Balaban J connectivity index is 1.89. The minimum Gasteiger partial charge on any atom is -0.493 e. The molecule has 0 spiro atoms. The van der Waals surface area contributed by atoms with Crippen LogP contribution in [0.5, 0.6) is 5.75 Å². The van der Waals surface area contributed by atoms with Crippen LogP contribution >= 0.6 is 11.6 Å². The van der Waals surface area contributed by atoms with Crippen molar-refractivity contribution in [1.29, 1.82) is 0 Å². The summed E-state index contributed by atoms with van der Waals surface area (Å²) in [5.74, 6) is -0.0471. The van der Waals surface area contributed by atoms with Crippen LogP contribution in [0, 0.1) is 11.8 Å². The molecule has 0 aromatic heterocycles. The number of alkyl halides is 1. The number of halogens is 1. The number of carbonyl (C=O) groups is 1. The Morgan fingerprint density at radius 1 is 1.34 bits per heavy atom. The van der Waals surface area contributed by atoms with Gasteiger partial charge >= 0.3 is 5.97 Å². The summed E-state index contributed by atoms with van der Waals surface area (Å²) in [5.41, 5.74) is 0.840. The summed E-state index contributed by atoms with van der Waals surface area (Å²) in [6, 6.07) is 7.48. The van der Waals surface area contributed by atoms with Gasteiger partial charge in [-0.15, -0.1) is 11.6 Å². The largest absolute Gasteiger partial charge is 0.493 e. The summed E-state index contributed by atoms with van der Waals surface area (Å²) in [7, 11) is 0. The molecule has 0 aliphatic heterocycles. The average Bonchev–Trinajstić information content (AvgIpc) is 2.95. The van der Waals surface area contributed by atoms with Crippen LogP contribution in [-0.4, -0.2) is 39.4 Å². The van der Waals surface area contributed by atoms with Gasteiger partial charge in [-0.25, -0.2) is 0 Å². The van der Waals surface area contributed by atoms with Crippen LogP contribution in [0.1, 0.15) is 63.5 Å². The van der Waals surface area contributed by atoms with Crippen molar-refractivity contribution in [3.63, 3.8) is 0 Å². The Morgan fingerprint density at radius 2 is 2.14 bits per heavy atom. The normalized spacial score (nSPS) is 25.4. The number of allylic oxidation sites excluding steroid dienone is 2. The number of benzene rings is 1. The Bertz CT molecular complexity index is 662.